The Kier molecular flexibility index (Phi) is 5.27. The predicted octanol–water partition coefficient (Wildman–Crippen LogP) is 3.73. The fourth-order valence-electron chi connectivity index (χ4n) is 3.09. The second-order valence-corrected chi connectivity index (χ2v) is 7.50. The topological polar surface area (TPSA) is 62.6 Å². The van der Waals surface area contributed by atoms with Gasteiger partial charge in [0.05, 0.1) is 23.6 Å². The number of furan rings is 1. The van der Waals surface area contributed by atoms with Gasteiger partial charge in [0.25, 0.3) is 0 Å². The van der Waals surface area contributed by atoms with E-state index >= 15 is 0 Å². The van der Waals surface area contributed by atoms with Crippen LogP contribution in [0.15, 0.2) is 64.6 Å². The number of carbonyl (C=O) groups excluding carboxylic acids is 2. The lowest BCUT2D eigenvalue weighted by Crippen LogP contribution is -2.27. The predicted molar refractivity (Wildman–Crippen MR) is 108 cm³/mol. The number of amides is 2. The van der Waals surface area contributed by atoms with Crippen LogP contribution in [0.4, 0.5) is 5.69 Å². The normalized spacial score (nSPS) is 15.9. The Morgan fingerprint density at radius 3 is 2.93 bits per heavy atom. The van der Waals surface area contributed by atoms with Gasteiger partial charge in [0, 0.05) is 24.2 Å². The zero-order valence-electron chi connectivity index (χ0n) is 15.1. The summed E-state index contributed by atoms with van der Waals surface area (Å²) in [5, 5.41) is 4.90. The van der Waals surface area contributed by atoms with Crippen molar-refractivity contribution in [3.8, 4) is 11.8 Å². The van der Waals surface area contributed by atoms with Crippen molar-refractivity contribution in [3.63, 3.8) is 0 Å². The average Bonchev–Trinajstić information content (AvgIpc) is 3.44. The molecule has 3 aromatic rings. The Labute approximate surface area is 167 Å². The summed E-state index contributed by atoms with van der Waals surface area (Å²) in [7, 11) is 0. The van der Waals surface area contributed by atoms with Crippen LogP contribution in [0.2, 0.25) is 0 Å². The second-order valence-electron chi connectivity index (χ2n) is 6.55. The molecule has 5 nitrogen and oxygen atoms in total. The molecule has 1 fully saturated rings. The molecule has 1 aromatic carbocycles. The van der Waals surface area contributed by atoms with Gasteiger partial charge in [0.15, 0.2) is 0 Å². The Balaban J connectivity index is 1.38. The summed E-state index contributed by atoms with van der Waals surface area (Å²) in [5.41, 5.74) is 1.51. The van der Waals surface area contributed by atoms with E-state index in [9.17, 15) is 9.59 Å². The average molecular weight is 390 g/mol. The zero-order valence-corrected chi connectivity index (χ0v) is 15.9. The third-order valence-corrected chi connectivity index (χ3v) is 5.28. The van der Waals surface area contributed by atoms with Gasteiger partial charge in [-0.2, -0.15) is 0 Å². The van der Waals surface area contributed by atoms with Crippen LogP contribution in [-0.2, 0) is 16.1 Å². The number of anilines is 1. The second kappa shape index (κ2) is 8.15. The van der Waals surface area contributed by atoms with Crippen LogP contribution in [-0.4, -0.2) is 23.3 Å². The first-order chi connectivity index (χ1) is 13.7. The number of thiophene rings is 1. The highest BCUT2D eigenvalue weighted by molar-refractivity contribution is 7.10. The number of hydrogen-bond acceptors (Lipinski definition) is 4. The maximum Gasteiger partial charge on any atom is 0.229 e. The fraction of sp³-hybridized carbons (Fsp3) is 0.182. The Bertz CT molecular complexity index is 1030. The number of nitrogens with zero attached hydrogens (tertiary/aromatic N) is 1. The monoisotopic (exact) mass is 390 g/mol. The molecule has 1 atom stereocenters. The van der Waals surface area contributed by atoms with E-state index in [-0.39, 0.29) is 24.2 Å². The van der Waals surface area contributed by atoms with Crippen LogP contribution < -0.4 is 5.32 Å². The molecule has 1 aliphatic heterocycles. The molecule has 0 radical (unpaired) electrons. The largest absolute Gasteiger partial charge is 0.467 e. The van der Waals surface area contributed by atoms with Crippen molar-refractivity contribution in [1.29, 1.82) is 0 Å². The molecule has 0 aliphatic carbocycles. The first-order valence-electron chi connectivity index (χ1n) is 8.94. The minimum absolute atomic E-state index is 0.0351. The minimum atomic E-state index is -0.372. The summed E-state index contributed by atoms with van der Waals surface area (Å²) < 4.78 is 5.29. The van der Waals surface area contributed by atoms with E-state index in [4.69, 9.17) is 4.42 Å². The molecule has 140 valence electrons. The van der Waals surface area contributed by atoms with Gasteiger partial charge >= 0.3 is 0 Å². The lowest BCUT2D eigenvalue weighted by Gasteiger charge is -2.15. The maximum atomic E-state index is 12.6. The van der Waals surface area contributed by atoms with Crippen molar-refractivity contribution >= 4 is 28.8 Å². The molecule has 3 heterocycles. The maximum absolute atomic E-state index is 12.6. The third-order valence-electron chi connectivity index (χ3n) is 4.49. The molecular weight excluding hydrogens is 372 g/mol. The highest BCUT2D eigenvalue weighted by Gasteiger charge is 2.34. The van der Waals surface area contributed by atoms with Crippen LogP contribution in [0.1, 0.15) is 22.6 Å². The number of nitrogens with one attached hydrogen (secondary N) is 1. The number of likely N-dealkylation sites (tertiary alicyclic amines) is 1. The van der Waals surface area contributed by atoms with E-state index in [1.165, 1.54) is 0 Å². The number of benzene rings is 1. The van der Waals surface area contributed by atoms with Crippen molar-refractivity contribution in [2.45, 2.75) is 13.0 Å². The fourth-order valence-corrected chi connectivity index (χ4v) is 3.66. The van der Waals surface area contributed by atoms with Crippen LogP contribution in [0.5, 0.6) is 0 Å². The summed E-state index contributed by atoms with van der Waals surface area (Å²) in [6, 6.07) is 15.0. The van der Waals surface area contributed by atoms with Crippen LogP contribution in [0.25, 0.3) is 0 Å². The molecule has 4 rings (SSSR count). The molecule has 2 amide bonds. The van der Waals surface area contributed by atoms with Crippen molar-refractivity contribution in [2.75, 3.05) is 11.9 Å². The molecule has 0 saturated carbocycles. The number of hydrogen-bond donors (Lipinski definition) is 1. The summed E-state index contributed by atoms with van der Waals surface area (Å²) >= 11 is 1.59. The molecule has 1 N–H and O–H groups in total. The Morgan fingerprint density at radius 2 is 2.14 bits per heavy atom. The minimum Gasteiger partial charge on any atom is -0.467 e. The molecule has 0 unspecified atom stereocenters. The molecular formula is C22H18N2O3S. The van der Waals surface area contributed by atoms with E-state index in [0.717, 1.165) is 10.4 Å². The van der Waals surface area contributed by atoms with Crippen LogP contribution in [0.3, 0.4) is 0 Å². The summed E-state index contributed by atoms with van der Waals surface area (Å²) in [6.45, 7) is 0.784. The van der Waals surface area contributed by atoms with E-state index in [0.29, 0.717) is 24.5 Å². The lowest BCUT2D eigenvalue weighted by molar-refractivity contribution is -0.128. The van der Waals surface area contributed by atoms with Crippen molar-refractivity contribution in [3.05, 3.63) is 76.4 Å². The highest BCUT2D eigenvalue weighted by Crippen LogP contribution is 2.22. The molecule has 0 bridgehead atoms. The van der Waals surface area contributed by atoms with Gasteiger partial charge < -0.3 is 14.6 Å². The number of carbonyl (C=O) groups is 2. The van der Waals surface area contributed by atoms with Crippen molar-refractivity contribution in [1.82, 2.24) is 4.90 Å². The van der Waals surface area contributed by atoms with Gasteiger partial charge in [-0.05, 0) is 41.8 Å². The van der Waals surface area contributed by atoms with Gasteiger partial charge in [-0.25, -0.2) is 0 Å². The van der Waals surface area contributed by atoms with Crippen LogP contribution >= 0.6 is 11.3 Å². The van der Waals surface area contributed by atoms with Gasteiger partial charge in [-0.15, -0.1) is 11.3 Å². The molecule has 2 aromatic heterocycles. The van der Waals surface area contributed by atoms with E-state index in [1.54, 1.807) is 28.6 Å². The first-order valence-corrected chi connectivity index (χ1v) is 9.82. The molecule has 6 heteroatoms. The summed E-state index contributed by atoms with van der Waals surface area (Å²) in [4.78, 5) is 27.5. The number of rotatable bonds is 4. The van der Waals surface area contributed by atoms with E-state index < -0.39 is 0 Å². The first kappa shape index (κ1) is 18.1. The van der Waals surface area contributed by atoms with Gasteiger partial charge in [-0.3, -0.25) is 9.59 Å². The standard InChI is InChI=1S/C22H18N2O3S/c25-21-13-17(14-24(21)15-19-6-2-10-27-19)22(26)23-18-5-1-4-16(12-18)8-9-20-7-3-11-28-20/h1-7,10-12,17H,13-15H2,(H,23,26)/t17-/m0/s1. The van der Waals surface area contributed by atoms with E-state index in [1.807, 2.05) is 47.8 Å². The van der Waals surface area contributed by atoms with Crippen molar-refractivity contribution in [2.24, 2.45) is 5.92 Å². The van der Waals surface area contributed by atoms with Gasteiger partial charge in [0.2, 0.25) is 11.8 Å². The third kappa shape index (κ3) is 4.33. The van der Waals surface area contributed by atoms with Crippen molar-refractivity contribution < 1.29 is 14.0 Å². The molecule has 28 heavy (non-hydrogen) atoms. The summed E-state index contributed by atoms with van der Waals surface area (Å²) in [6.07, 6.45) is 1.79. The molecule has 1 saturated heterocycles. The zero-order chi connectivity index (χ0) is 19.3. The van der Waals surface area contributed by atoms with Gasteiger partial charge in [0.1, 0.15) is 5.76 Å². The quantitative estimate of drug-likeness (QED) is 0.691. The molecule has 0 spiro atoms. The SMILES string of the molecule is O=C(Nc1cccc(C#Cc2cccs2)c1)[C@H]1CC(=O)N(Cc2ccco2)C1. The van der Waals surface area contributed by atoms with E-state index in [2.05, 4.69) is 17.2 Å². The Hall–Kier alpha value is -3.30. The lowest BCUT2D eigenvalue weighted by atomic mass is 10.1. The smallest absolute Gasteiger partial charge is 0.229 e. The highest BCUT2D eigenvalue weighted by atomic mass is 32.1. The Morgan fingerprint density at radius 1 is 1.21 bits per heavy atom. The van der Waals surface area contributed by atoms with Gasteiger partial charge in [-0.1, -0.05) is 24.0 Å². The molecule has 1 aliphatic rings. The summed E-state index contributed by atoms with van der Waals surface area (Å²) in [5.74, 6) is 6.36. The van der Waals surface area contributed by atoms with Crippen LogP contribution in [0, 0.1) is 17.8 Å².